The van der Waals surface area contributed by atoms with Gasteiger partial charge in [0.2, 0.25) is 11.8 Å². The lowest BCUT2D eigenvalue weighted by Gasteiger charge is -2.32. The van der Waals surface area contributed by atoms with Crippen molar-refractivity contribution in [3.8, 4) is 0 Å². The number of amides is 4. The third-order valence-electron chi connectivity index (χ3n) is 5.99. The molecule has 4 amide bonds. The van der Waals surface area contributed by atoms with E-state index in [1.807, 2.05) is 65.6 Å². The molecule has 168 valence electrons. The van der Waals surface area contributed by atoms with Crippen LogP contribution >= 0.6 is 0 Å². The summed E-state index contributed by atoms with van der Waals surface area (Å²) < 4.78 is 0. The summed E-state index contributed by atoms with van der Waals surface area (Å²) in [6, 6.07) is 18.6. The van der Waals surface area contributed by atoms with Crippen LogP contribution in [0.1, 0.15) is 37.3 Å². The Labute approximate surface area is 188 Å². The number of nitrogens with zero attached hydrogens (tertiary/aromatic N) is 2. The molecule has 1 aliphatic carbocycles. The first-order chi connectivity index (χ1) is 15.6. The van der Waals surface area contributed by atoms with Crippen molar-refractivity contribution >= 4 is 23.5 Å². The van der Waals surface area contributed by atoms with E-state index in [-0.39, 0.29) is 36.2 Å². The monoisotopic (exact) mass is 434 g/mol. The maximum atomic E-state index is 13.2. The Morgan fingerprint density at radius 1 is 0.906 bits per heavy atom. The molecule has 7 heteroatoms. The Kier molecular flexibility index (Phi) is 7.04. The quantitative estimate of drug-likeness (QED) is 0.777. The van der Waals surface area contributed by atoms with E-state index in [2.05, 4.69) is 10.6 Å². The van der Waals surface area contributed by atoms with Crippen LogP contribution in [0, 0.1) is 5.92 Å². The highest BCUT2D eigenvalue weighted by atomic mass is 16.2. The molecule has 1 saturated carbocycles. The number of urea groups is 1. The molecule has 7 nitrogen and oxygen atoms in total. The first kappa shape index (κ1) is 21.9. The third kappa shape index (κ3) is 5.66. The van der Waals surface area contributed by atoms with Crippen LogP contribution in [0.25, 0.3) is 0 Å². The minimum absolute atomic E-state index is 0.0619. The summed E-state index contributed by atoms with van der Waals surface area (Å²) in [4.78, 5) is 42.3. The van der Waals surface area contributed by atoms with Gasteiger partial charge in [-0.15, -0.1) is 0 Å². The minimum atomic E-state index is -0.297. The minimum Gasteiger partial charge on any atom is -0.354 e. The van der Waals surface area contributed by atoms with Crippen molar-refractivity contribution in [3.05, 3.63) is 66.2 Å². The molecule has 2 aliphatic rings. The molecular weight excluding hydrogens is 404 g/mol. The summed E-state index contributed by atoms with van der Waals surface area (Å²) in [5.74, 6) is 0.0656. The molecule has 0 aromatic heterocycles. The SMILES string of the molecule is O=C1CC(c2ccccc2)N(C(=O)C2CC2)CCCN(C(=O)Nc2ccccc2)CCN1. The normalized spacial score (nSPS) is 20.1. The Morgan fingerprint density at radius 2 is 1.59 bits per heavy atom. The fourth-order valence-corrected chi connectivity index (χ4v) is 4.12. The van der Waals surface area contributed by atoms with Gasteiger partial charge in [0.15, 0.2) is 0 Å². The molecule has 0 spiro atoms. The number of hydrogen-bond donors (Lipinski definition) is 2. The largest absolute Gasteiger partial charge is 0.354 e. The molecule has 2 aromatic carbocycles. The molecule has 1 aliphatic heterocycles. The Bertz CT molecular complexity index is 931. The van der Waals surface area contributed by atoms with Gasteiger partial charge in [0.25, 0.3) is 0 Å². The van der Waals surface area contributed by atoms with E-state index in [0.717, 1.165) is 24.1 Å². The van der Waals surface area contributed by atoms with Gasteiger partial charge in [0.1, 0.15) is 0 Å². The number of hydrogen-bond acceptors (Lipinski definition) is 3. The predicted octanol–water partition coefficient (Wildman–Crippen LogP) is 3.41. The Balaban J connectivity index is 1.51. The van der Waals surface area contributed by atoms with E-state index < -0.39 is 0 Å². The van der Waals surface area contributed by atoms with Crippen LogP contribution in [-0.2, 0) is 9.59 Å². The second kappa shape index (κ2) is 10.3. The van der Waals surface area contributed by atoms with E-state index in [1.54, 1.807) is 4.90 Å². The van der Waals surface area contributed by atoms with Crippen LogP contribution in [0.3, 0.4) is 0 Å². The van der Waals surface area contributed by atoms with Crippen LogP contribution in [0.5, 0.6) is 0 Å². The number of anilines is 1. The van der Waals surface area contributed by atoms with Gasteiger partial charge in [-0.1, -0.05) is 48.5 Å². The van der Waals surface area contributed by atoms with Crippen LogP contribution in [0.15, 0.2) is 60.7 Å². The van der Waals surface area contributed by atoms with Crippen LogP contribution < -0.4 is 10.6 Å². The number of carbonyl (C=O) groups is 3. The smallest absolute Gasteiger partial charge is 0.321 e. The van der Waals surface area contributed by atoms with Crippen LogP contribution in [0.2, 0.25) is 0 Å². The summed E-state index contributed by atoms with van der Waals surface area (Å²) in [6.45, 7) is 1.80. The zero-order valence-corrected chi connectivity index (χ0v) is 18.2. The van der Waals surface area contributed by atoms with Crippen molar-refractivity contribution in [1.82, 2.24) is 15.1 Å². The standard InChI is InChI=1S/C25H30N4O3/c30-23-18-22(19-8-3-1-4-9-19)29(24(31)20-12-13-20)16-7-15-28(17-14-26-23)25(32)27-21-10-5-2-6-11-21/h1-6,8-11,20,22H,7,12-18H2,(H,26,30)(H,27,32). The first-order valence-corrected chi connectivity index (χ1v) is 11.3. The second-order valence-electron chi connectivity index (χ2n) is 8.42. The summed E-state index contributed by atoms with van der Waals surface area (Å²) in [7, 11) is 0. The van der Waals surface area contributed by atoms with Gasteiger partial charge in [-0.3, -0.25) is 9.59 Å². The van der Waals surface area contributed by atoms with Gasteiger partial charge < -0.3 is 20.4 Å². The average Bonchev–Trinajstić information content (AvgIpc) is 3.65. The lowest BCUT2D eigenvalue weighted by Crippen LogP contribution is -2.41. The lowest BCUT2D eigenvalue weighted by molar-refractivity contribution is -0.136. The van der Waals surface area contributed by atoms with Gasteiger partial charge in [-0.05, 0) is 37.0 Å². The van der Waals surface area contributed by atoms with Gasteiger partial charge in [-0.2, -0.15) is 0 Å². The summed E-state index contributed by atoms with van der Waals surface area (Å²) in [5, 5.41) is 5.85. The summed E-state index contributed by atoms with van der Waals surface area (Å²) in [6.07, 6.45) is 2.69. The molecule has 4 rings (SSSR count). The average molecular weight is 435 g/mol. The topological polar surface area (TPSA) is 81.8 Å². The van der Waals surface area contributed by atoms with E-state index in [1.165, 1.54) is 0 Å². The van der Waals surface area contributed by atoms with Crippen molar-refractivity contribution in [2.45, 2.75) is 31.7 Å². The number of nitrogens with one attached hydrogen (secondary N) is 2. The van der Waals surface area contributed by atoms with E-state index in [4.69, 9.17) is 0 Å². The van der Waals surface area contributed by atoms with Gasteiger partial charge in [0, 0.05) is 37.8 Å². The number of benzene rings is 2. The zero-order valence-electron chi connectivity index (χ0n) is 18.2. The van der Waals surface area contributed by atoms with E-state index in [0.29, 0.717) is 32.6 Å². The highest BCUT2D eigenvalue weighted by Crippen LogP contribution is 2.35. The van der Waals surface area contributed by atoms with Gasteiger partial charge in [0.05, 0.1) is 12.5 Å². The second-order valence-corrected chi connectivity index (χ2v) is 8.42. The molecule has 1 unspecified atom stereocenters. The molecule has 32 heavy (non-hydrogen) atoms. The maximum absolute atomic E-state index is 13.2. The van der Waals surface area contributed by atoms with Crippen molar-refractivity contribution in [3.63, 3.8) is 0 Å². The fourth-order valence-electron chi connectivity index (χ4n) is 4.12. The molecule has 0 radical (unpaired) electrons. The number of carbonyl (C=O) groups excluding carboxylic acids is 3. The lowest BCUT2D eigenvalue weighted by atomic mass is 10.0. The first-order valence-electron chi connectivity index (χ1n) is 11.3. The van der Waals surface area contributed by atoms with Crippen LogP contribution in [0.4, 0.5) is 10.5 Å². The molecule has 2 aromatic rings. The summed E-state index contributed by atoms with van der Waals surface area (Å²) >= 11 is 0. The summed E-state index contributed by atoms with van der Waals surface area (Å²) in [5.41, 5.74) is 1.69. The van der Waals surface area contributed by atoms with Crippen molar-refractivity contribution < 1.29 is 14.4 Å². The fraction of sp³-hybridized carbons (Fsp3) is 0.400. The van der Waals surface area contributed by atoms with Gasteiger partial charge >= 0.3 is 6.03 Å². The van der Waals surface area contributed by atoms with Crippen LogP contribution in [-0.4, -0.2) is 53.8 Å². The molecule has 2 N–H and O–H groups in total. The Hall–Kier alpha value is -3.35. The van der Waals surface area contributed by atoms with Crippen molar-refractivity contribution in [2.75, 3.05) is 31.5 Å². The molecule has 2 fully saturated rings. The molecule has 1 saturated heterocycles. The predicted molar refractivity (Wildman–Crippen MR) is 123 cm³/mol. The molecule has 1 atom stereocenters. The highest BCUT2D eigenvalue weighted by Gasteiger charge is 2.37. The van der Waals surface area contributed by atoms with Crippen molar-refractivity contribution in [2.24, 2.45) is 5.92 Å². The highest BCUT2D eigenvalue weighted by molar-refractivity contribution is 5.89. The maximum Gasteiger partial charge on any atom is 0.321 e. The number of para-hydroxylation sites is 1. The molecule has 1 heterocycles. The zero-order chi connectivity index (χ0) is 22.3. The molecular formula is C25H30N4O3. The van der Waals surface area contributed by atoms with Gasteiger partial charge in [-0.25, -0.2) is 4.79 Å². The van der Waals surface area contributed by atoms with Crippen molar-refractivity contribution in [1.29, 1.82) is 0 Å². The molecule has 0 bridgehead atoms. The number of rotatable bonds is 3. The van der Waals surface area contributed by atoms with E-state index in [9.17, 15) is 14.4 Å². The van der Waals surface area contributed by atoms with E-state index >= 15 is 0 Å². The third-order valence-corrected chi connectivity index (χ3v) is 5.99. The Morgan fingerprint density at radius 3 is 2.28 bits per heavy atom.